The Bertz CT molecular complexity index is 269. The summed E-state index contributed by atoms with van der Waals surface area (Å²) in [5.74, 6) is -0.423. The van der Waals surface area contributed by atoms with Crippen LogP contribution in [0.4, 0.5) is 4.79 Å². The van der Waals surface area contributed by atoms with Gasteiger partial charge in [0.15, 0.2) is 0 Å². The van der Waals surface area contributed by atoms with Gasteiger partial charge in [0.1, 0.15) is 5.60 Å². The van der Waals surface area contributed by atoms with Crippen molar-refractivity contribution in [3.8, 4) is 0 Å². The number of carbonyl (C=O) groups is 2. The normalized spacial score (nSPS) is 22.0. The average Bonchev–Trinajstić information content (AvgIpc) is 2.43. The third-order valence-corrected chi connectivity index (χ3v) is 2.08. The van der Waals surface area contributed by atoms with E-state index in [1.807, 2.05) is 0 Å². The summed E-state index contributed by atoms with van der Waals surface area (Å²) in [5.41, 5.74) is -0.603. The van der Waals surface area contributed by atoms with Crippen LogP contribution in [0.5, 0.6) is 0 Å². The highest BCUT2D eigenvalue weighted by Crippen LogP contribution is 2.20. The van der Waals surface area contributed by atoms with Gasteiger partial charge in [0.2, 0.25) is 5.91 Å². The van der Waals surface area contributed by atoms with Gasteiger partial charge in [-0.1, -0.05) is 0 Å². The molecule has 1 saturated heterocycles. The van der Waals surface area contributed by atoms with Gasteiger partial charge < -0.3 is 9.84 Å². The lowest BCUT2D eigenvalue weighted by molar-refractivity contribution is -0.127. The summed E-state index contributed by atoms with van der Waals surface area (Å²) >= 11 is 0. The van der Waals surface area contributed by atoms with Crippen LogP contribution < -0.4 is 0 Å². The Hall–Kier alpha value is -1.10. The van der Waals surface area contributed by atoms with Crippen molar-refractivity contribution in [2.45, 2.75) is 32.8 Å². The first-order valence-electron chi connectivity index (χ1n) is 4.97. The minimum Gasteiger partial charge on any atom is -0.443 e. The summed E-state index contributed by atoms with van der Waals surface area (Å²) in [5, 5.41) is 8.88. The topological polar surface area (TPSA) is 66.8 Å². The van der Waals surface area contributed by atoms with Crippen LogP contribution in [0.1, 0.15) is 27.2 Å². The van der Waals surface area contributed by atoms with Gasteiger partial charge in [-0.3, -0.25) is 4.79 Å². The Balaban J connectivity index is 2.58. The Kier molecular flexibility index (Phi) is 3.34. The summed E-state index contributed by atoms with van der Waals surface area (Å²) in [6.07, 6.45) is -0.404. The van der Waals surface area contributed by atoms with E-state index in [0.29, 0.717) is 0 Å². The molecule has 0 aliphatic carbocycles. The van der Waals surface area contributed by atoms with E-state index in [4.69, 9.17) is 9.84 Å². The molecular formula is C10H17NO4. The fourth-order valence-electron chi connectivity index (χ4n) is 1.40. The molecule has 86 valence electrons. The van der Waals surface area contributed by atoms with E-state index in [1.165, 1.54) is 0 Å². The first-order valence-corrected chi connectivity index (χ1v) is 4.97. The molecule has 1 aliphatic rings. The third-order valence-electron chi connectivity index (χ3n) is 2.08. The third kappa shape index (κ3) is 3.20. The SMILES string of the molecule is CC(C)(C)OC(=O)N1C[C@H](CO)CC1=O. The quantitative estimate of drug-likeness (QED) is 0.701. The number of carbonyl (C=O) groups excluding carboxylic acids is 2. The molecule has 0 bridgehead atoms. The Labute approximate surface area is 89.0 Å². The molecule has 1 heterocycles. The summed E-state index contributed by atoms with van der Waals surface area (Å²) in [4.78, 5) is 24.0. The molecule has 0 saturated carbocycles. The summed E-state index contributed by atoms with van der Waals surface area (Å²) in [7, 11) is 0. The molecule has 2 amide bonds. The van der Waals surface area contributed by atoms with Crippen LogP contribution >= 0.6 is 0 Å². The number of ether oxygens (including phenoxy) is 1. The van der Waals surface area contributed by atoms with Crippen molar-refractivity contribution in [1.29, 1.82) is 0 Å². The molecule has 1 N–H and O–H groups in total. The molecule has 0 aromatic rings. The number of likely N-dealkylation sites (tertiary alicyclic amines) is 1. The molecule has 1 rings (SSSR count). The molecular weight excluding hydrogens is 198 g/mol. The second-order valence-electron chi connectivity index (χ2n) is 4.74. The van der Waals surface area contributed by atoms with Crippen molar-refractivity contribution >= 4 is 12.0 Å². The molecule has 0 radical (unpaired) electrons. The van der Waals surface area contributed by atoms with Crippen LogP contribution in [0.15, 0.2) is 0 Å². The van der Waals surface area contributed by atoms with E-state index in [2.05, 4.69) is 0 Å². The predicted molar refractivity (Wildman–Crippen MR) is 53.1 cm³/mol. The van der Waals surface area contributed by atoms with E-state index >= 15 is 0 Å². The zero-order valence-corrected chi connectivity index (χ0v) is 9.32. The van der Waals surface area contributed by atoms with E-state index in [9.17, 15) is 9.59 Å². The Morgan fingerprint density at radius 1 is 1.60 bits per heavy atom. The molecule has 0 unspecified atom stereocenters. The zero-order valence-electron chi connectivity index (χ0n) is 9.32. The molecule has 0 spiro atoms. The molecule has 15 heavy (non-hydrogen) atoms. The minimum absolute atomic E-state index is 0.0783. The smallest absolute Gasteiger partial charge is 0.417 e. The van der Waals surface area contributed by atoms with Gasteiger partial charge in [0.05, 0.1) is 0 Å². The number of imide groups is 1. The number of hydrogen-bond donors (Lipinski definition) is 1. The molecule has 1 atom stereocenters. The number of rotatable bonds is 1. The van der Waals surface area contributed by atoms with E-state index < -0.39 is 11.7 Å². The van der Waals surface area contributed by atoms with Crippen LogP contribution in [0.3, 0.4) is 0 Å². The number of hydrogen-bond acceptors (Lipinski definition) is 4. The van der Waals surface area contributed by atoms with Crippen molar-refractivity contribution in [2.24, 2.45) is 5.92 Å². The zero-order chi connectivity index (χ0) is 11.6. The van der Waals surface area contributed by atoms with Crippen LogP contribution in [-0.2, 0) is 9.53 Å². The van der Waals surface area contributed by atoms with Gasteiger partial charge in [-0.15, -0.1) is 0 Å². The van der Waals surface area contributed by atoms with Crippen LogP contribution in [0.25, 0.3) is 0 Å². The maximum atomic E-state index is 11.5. The maximum Gasteiger partial charge on any atom is 0.417 e. The average molecular weight is 215 g/mol. The maximum absolute atomic E-state index is 11.5. The van der Waals surface area contributed by atoms with E-state index in [0.717, 1.165) is 4.90 Å². The van der Waals surface area contributed by atoms with Crippen molar-refractivity contribution < 1.29 is 19.4 Å². The van der Waals surface area contributed by atoms with Gasteiger partial charge in [0, 0.05) is 25.5 Å². The second-order valence-corrected chi connectivity index (χ2v) is 4.74. The van der Waals surface area contributed by atoms with Crippen molar-refractivity contribution in [3.63, 3.8) is 0 Å². The highest BCUT2D eigenvalue weighted by molar-refractivity contribution is 5.93. The van der Waals surface area contributed by atoms with Crippen LogP contribution in [0, 0.1) is 5.92 Å². The van der Waals surface area contributed by atoms with Crippen molar-refractivity contribution in [1.82, 2.24) is 4.90 Å². The molecule has 0 aromatic heterocycles. The fourth-order valence-corrected chi connectivity index (χ4v) is 1.40. The lowest BCUT2D eigenvalue weighted by atomic mass is 10.1. The Morgan fingerprint density at radius 3 is 2.60 bits per heavy atom. The largest absolute Gasteiger partial charge is 0.443 e. The number of amides is 2. The molecule has 1 aliphatic heterocycles. The van der Waals surface area contributed by atoms with Gasteiger partial charge >= 0.3 is 6.09 Å². The predicted octanol–water partition coefficient (Wildman–Crippen LogP) is 0.762. The lowest BCUT2D eigenvalue weighted by Gasteiger charge is -2.23. The van der Waals surface area contributed by atoms with E-state index in [1.54, 1.807) is 20.8 Å². The highest BCUT2D eigenvalue weighted by Gasteiger charge is 2.35. The monoisotopic (exact) mass is 215 g/mol. The van der Waals surface area contributed by atoms with Crippen LogP contribution in [-0.4, -0.2) is 40.8 Å². The fraction of sp³-hybridized carbons (Fsp3) is 0.800. The Morgan fingerprint density at radius 2 is 2.20 bits per heavy atom. The molecule has 0 aromatic carbocycles. The van der Waals surface area contributed by atoms with E-state index in [-0.39, 0.29) is 31.4 Å². The molecule has 5 heteroatoms. The molecule has 1 fully saturated rings. The molecule has 5 nitrogen and oxygen atoms in total. The van der Waals surface area contributed by atoms with Gasteiger partial charge in [-0.25, -0.2) is 9.69 Å². The lowest BCUT2D eigenvalue weighted by Crippen LogP contribution is -2.37. The summed E-state index contributed by atoms with van der Waals surface area (Å²) in [6, 6.07) is 0. The standard InChI is InChI=1S/C10H17NO4/c1-10(2,3)15-9(14)11-5-7(6-12)4-8(11)13/h7,12H,4-6H2,1-3H3/t7-/m1/s1. The van der Waals surface area contributed by atoms with Gasteiger partial charge in [-0.2, -0.15) is 0 Å². The van der Waals surface area contributed by atoms with Gasteiger partial charge in [0.25, 0.3) is 0 Å². The highest BCUT2D eigenvalue weighted by atomic mass is 16.6. The summed E-state index contributed by atoms with van der Waals surface area (Å²) in [6.45, 7) is 5.41. The number of aliphatic hydroxyl groups is 1. The van der Waals surface area contributed by atoms with Gasteiger partial charge in [-0.05, 0) is 20.8 Å². The first-order chi connectivity index (χ1) is 6.83. The van der Waals surface area contributed by atoms with Crippen LogP contribution in [0.2, 0.25) is 0 Å². The van der Waals surface area contributed by atoms with Crippen molar-refractivity contribution in [3.05, 3.63) is 0 Å². The summed E-state index contributed by atoms with van der Waals surface area (Å²) < 4.78 is 5.07. The van der Waals surface area contributed by atoms with Crippen molar-refractivity contribution in [2.75, 3.05) is 13.2 Å². The first kappa shape index (κ1) is 12.0. The number of nitrogens with zero attached hydrogens (tertiary/aromatic N) is 1. The second kappa shape index (κ2) is 4.18. The minimum atomic E-state index is -0.622. The number of aliphatic hydroxyl groups excluding tert-OH is 1.